The van der Waals surface area contributed by atoms with Crippen molar-refractivity contribution in [3.8, 4) is 0 Å². The van der Waals surface area contributed by atoms with E-state index in [4.69, 9.17) is 4.52 Å². The maximum atomic E-state index is 13.1. The van der Waals surface area contributed by atoms with E-state index in [1.807, 2.05) is 6.07 Å². The van der Waals surface area contributed by atoms with E-state index in [9.17, 15) is 13.2 Å². The lowest BCUT2D eigenvalue weighted by molar-refractivity contribution is 0.0891. The molecule has 1 fully saturated rings. The van der Waals surface area contributed by atoms with Crippen molar-refractivity contribution in [1.29, 1.82) is 0 Å². The van der Waals surface area contributed by atoms with Crippen molar-refractivity contribution in [2.45, 2.75) is 43.0 Å². The van der Waals surface area contributed by atoms with Gasteiger partial charge in [-0.25, -0.2) is 8.42 Å². The highest BCUT2D eigenvalue weighted by Crippen LogP contribution is 2.37. The number of carbonyl (C=O) groups excluding carboxylic acids is 1. The zero-order valence-electron chi connectivity index (χ0n) is 17.4. The molecule has 3 aromatic rings. The van der Waals surface area contributed by atoms with E-state index in [-0.39, 0.29) is 16.4 Å². The summed E-state index contributed by atoms with van der Waals surface area (Å²) in [7, 11) is -2.34. The third-order valence-corrected chi connectivity index (χ3v) is 7.42. The Hall–Kier alpha value is -3.20. The molecule has 1 aliphatic rings. The Morgan fingerprint density at radius 2 is 1.81 bits per heavy atom. The molecule has 0 bridgehead atoms. The van der Waals surface area contributed by atoms with E-state index in [2.05, 4.69) is 15.5 Å². The molecule has 4 rings (SSSR count). The van der Waals surface area contributed by atoms with Gasteiger partial charge in [0, 0.05) is 19.5 Å². The van der Waals surface area contributed by atoms with Crippen molar-refractivity contribution >= 4 is 21.6 Å². The monoisotopic (exact) mass is 440 g/mol. The predicted molar refractivity (Wildman–Crippen MR) is 115 cm³/mol. The van der Waals surface area contributed by atoms with Crippen molar-refractivity contribution in [3.05, 3.63) is 71.9 Å². The van der Waals surface area contributed by atoms with Crippen LogP contribution in [-0.2, 0) is 15.6 Å². The Kier molecular flexibility index (Phi) is 5.53. The quantitative estimate of drug-likeness (QED) is 0.630. The number of benzene rings is 2. The van der Waals surface area contributed by atoms with Crippen LogP contribution in [0.3, 0.4) is 0 Å². The van der Waals surface area contributed by atoms with Crippen LogP contribution in [0.4, 0.5) is 5.69 Å². The molecule has 0 unspecified atom stereocenters. The highest BCUT2D eigenvalue weighted by atomic mass is 32.2. The summed E-state index contributed by atoms with van der Waals surface area (Å²) in [6.45, 7) is 1.71. The van der Waals surface area contributed by atoms with Gasteiger partial charge in [-0.2, -0.15) is 4.98 Å². The summed E-state index contributed by atoms with van der Waals surface area (Å²) in [4.78, 5) is 17.5. The van der Waals surface area contributed by atoms with Crippen molar-refractivity contribution in [3.63, 3.8) is 0 Å². The van der Waals surface area contributed by atoms with Gasteiger partial charge in [-0.15, -0.1) is 0 Å². The first-order chi connectivity index (χ1) is 14.8. The van der Waals surface area contributed by atoms with E-state index in [0.29, 0.717) is 30.2 Å². The number of anilines is 1. The maximum absolute atomic E-state index is 13.1. The number of aromatic nitrogens is 2. The molecule has 1 aromatic heterocycles. The molecule has 8 nitrogen and oxygen atoms in total. The molecule has 9 heteroatoms. The number of hydrogen-bond acceptors (Lipinski definition) is 6. The summed E-state index contributed by atoms with van der Waals surface area (Å²) in [5.41, 5.74) is 0.0913. The van der Waals surface area contributed by atoms with E-state index < -0.39 is 15.6 Å². The molecule has 0 atom stereocenters. The second kappa shape index (κ2) is 8.14. The van der Waals surface area contributed by atoms with Gasteiger partial charge >= 0.3 is 0 Å². The Morgan fingerprint density at radius 3 is 2.45 bits per heavy atom. The molecule has 1 saturated carbocycles. The number of amides is 1. The number of sulfonamides is 1. The van der Waals surface area contributed by atoms with Gasteiger partial charge < -0.3 is 9.84 Å². The predicted octanol–water partition coefficient (Wildman–Crippen LogP) is 3.40. The largest absolute Gasteiger partial charge is 0.340 e. The number of para-hydroxylation sites is 1. The lowest BCUT2D eigenvalue weighted by Crippen LogP contribution is -2.44. The molecule has 31 heavy (non-hydrogen) atoms. The molecule has 0 aliphatic heterocycles. The Bertz CT molecular complexity index is 1180. The Morgan fingerprint density at radius 1 is 1.10 bits per heavy atom. The number of hydrogen-bond donors (Lipinski definition) is 1. The number of rotatable bonds is 6. The number of carbonyl (C=O) groups is 1. The third kappa shape index (κ3) is 4.05. The molecular weight excluding hydrogens is 416 g/mol. The first-order valence-electron chi connectivity index (χ1n) is 10.1. The Labute approximate surface area is 181 Å². The van der Waals surface area contributed by atoms with Gasteiger partial charge in [0.05, 0.1) is 10.6 Å². The molecule has 0 spiro atoms. The summed E-state index contributed by atoms with van der Waals surface area (Å²) in [5.74, 6) is 0.528. The van der Waals surface area contributed by atoms with Gasteiger partial charge in [0.15, 0.2) is 5.82 Å². The van der Waals surface area contributed by atoms with Gasteiger partial charge in [0.1, 0.15) is 5.54 Å². The highest BCUT2D eigenvalue weighted by molar-refractivity contribution is 7.92. The van der Waals surface area contributed by atoms with Gasteiger partial charge in [-0.3, -0.25) is 9.10 Å². The molecule has 2 aromatic carbocycles. The maximum Gasteiger partial charge on any atom is 0.264 e. The van der Waals surface area contributed by atoms with Crippen LogP contribution in [0, 0.1) is 6.92 Å². The molecule has 0 saturated heterocycles. The van der Waals surface area contributed by atoms with Crippen molar-refractivity contribution < 1.29 is 17.7 Å². The fourth-order valence-electron chi connectivity index (χ4n) is 3.90. The summed E-state index contributed by atoms with van der Waals surface area (Å²) < 4.78 is 32.5. The van der Waals surface area contributed by atoms with Crippen LogP contribution in [0.1, 0.15) is 47.8 Å². The van der Waals surface area contributed by atoms with Gasteiger partial charge in [0.25, 0.3) is 15.9 Å². The average molecular weight is 441 g/mol. The van der Waals surface area contributed by atoms with Gasteiger partial charge in [0.2, 0.25) is 5.89 Å². The summed E-state index contributed by atoms with van der Waals surface area (Å²) in [5, 5.41) is 7.07. The normalized spacial score (nSPS) is 15.5. The summed E-state index contributed by atoms with van der Waals surface area (Å²) >= 11 is 0. The van der Waals surface area contributed by atoms with Crippen LogP contribution in [0.15, 0.2) is 64.0 Å². The van der Waals surface area contributed by atoms with E-state index >= 15 is 0 Å². The molecule has 0 radical (unpaired) electrons. The first kappa shape index (κ1) is 21.0. The van der Waals surface area contributed by atoms with Crippen LogP contribution in [0.5, 0.6) is 0 Å². The van der Waals surface area contributed by atoms with Gasteiger partial charge in [-0.05, 0) is 43.2 Å². The van der Waals surface area contributed by atoms with Crippen LogP contribution >= 0.6 is 0 Å². The fourth-order valence-corrected chi connectivity index (χ4v) is 5.14. The fraction of sp³-hybridized carbons (Fsp3) is 0.318. The standard InChI is InChI=1S/C22H24N4O4S/c1-16-23-21(25-30-16)22(13-6-7-14-22)24-20(27)17-9-8-12-19(15-17)31(28,29)26(2)18-10-4-3-5-11-18/h3-5,8-12,15H,6-7,13-14H2,1-2H3,(H,24,27). The zero-order chi connectivity index (χ0) is 22.1. The molecule has 162 valence electrons. The minimum atomic E-state index is -3.83. The smallest absolute Gasteiger partial charge is 0.264 e. The topological polar surface area (TPSA) is 105 Å². The van der Waals surface area contributed by atoms with E-state index in [1.165, 1.54) is 23.5 Å². The van der Waals surface area contributed by atoms with Crippen LogP contribution < -0.4 is 9.62 Å². The molecule has 1 heterocycles. The highest BCUT2D eigenvalue weighted by Gasteiger charge is 2.41. The third-order valence-electron chi connectivity index (χ3n) is 5.64. The summed E-state index contributed by atoms with van der Waals surface area (Å²) in [6.07, 6.45) is 3.27. The van der Waals surface area contributed by atoms with E-state index in [1.54, 1.807) is 43.3 Å². The molecule has 1 N–H and O–H groups in total. The van der Waals surface area contributed by atoms with Gasteiger partial charge in [-0.1, -0.05) is 42.3 Å². The Balaban J connectivity index is 1.61. The van der Waals surface area contributed by atoms with Crippen LogP contribution in [0.25, 0.3) is 0 Å². The summed E-state index contributed by atoms with van der Waals surface area (Å²) in [6, 6.07) is 14.8. The number of nitrogens with one attached hydrogen (secondary N) is 1. The van der Waals surface area contributed by atoms with Crippen LogP contribution in [-0.4, -0.2) is 31.5 Å². The minimum Gasteiger partial charge on any atom is -0.340 e. The van der Waals surface area contributed by atoms with Crippen LogP contribution in [0.2, 0.25) is 0 Å². The van der Waals surface area contributed by atoms with Crippen molar-refractivity contribution in [2.24, 2.45) is 0 Å². The molecular formula is C22H24N4O4S. The second-order valence-corrected chi connectivity index (χ2v) is 9.69. The molecule has 1 amide bonds. The van der Waals surface area contributed by atoms with Crippen molar-refractivity contribution in [1.82, 2.24) is 15.5 Å². The lowest BCUT2D eigenvalue weighted by atomic mass is 9.96. The lowest BCUT2D eigenvalue weighted by Gasteiger charge is -2.27. The second-order valence-electron chi connectivity index (χ2n) is 7.72. The van der Waals surface area contributed by atoms with E-state index in [0.717, 1.165) is 12.8 Å². The average Bonchev–Trinajstić information content (AvgIpc) is 3.44. The van der Waals surface area contributed by atoms with Crippen molar-refractivity contribution in [2.75, 3.05) is 11.4 Å². The number of nitrogens with zero attached hydrogens (tertiary/aromatic N) is 3. The zero-order valence-corrected chi connectivity index (χ0v) is 18.2. The first-order valence-corrected chi connectivity index (χ1v) is 11.5. The molecule has 1 aliphatic carbocycles. The SMILES string of the molecule is Cc1nc(C2(NC(=O)c3cccc(S(=O)(=O)N(C)c4ccccc4)c3)CCCC2)no1. The number of aryl methyl sites for hydroxylation is 1. The minimum absolute atomic E-state index is 0.0439.